The van der Waals surface area contributed by atoms with E-state index in [1.54, 1.807) is 0 Å². The average Bonchev–Trinajstić information content (AvgIpc) is 1.41. The summed E-state index contributed by atoms with van der Waals surface area (Å²) in [5.74, 6) is 0. The number of rotatable bonds is 0. The summed E-state index contributed by atoms with van der Waals surface area (Å²) < 4.78 is 0. The van der Waals surface area contributed by atoms with E-state index in [-0.39, 0.29) is 25.0 Å². The van der Waals surface area contributed by atoms with Gasteiger partial charge in [0, 0.05) is 19.5 Å². The number of hydrogen-bond acceptors (Lipinski definition) is 3. The van der Waals surface area contributed by atoms with Gasteiger partial charge in [-0.2, -0.15) is 0 Å². The Balaban J connectivity index is -0.0000000183. The first kappa shape index (κ1) is 25.0. The molecule has 0 unspecified atom stereocenters. The Labute approximate surface area is 57.4 Å². The van der Waals surface area contributed by atoms with Crippen molar-refractivity contribution in [2.45, 2.75) is 0 Å². The van der Waals surface area contributed by atoms with Crippen LogP contribution in [-0.2, 0) is 19.5 Å². The van der Waals surface area contributed by atoms with Crippen LogP contribution in [0.4, 0.5) is 4.79 Å². The summed E-state index contributed by atoms with van der Waals surface area (Å²) in [5, 5.41) is 25.9. The van der Waals surface area contributed by atoms with Gasteiger partial charge in [0.15, 0.2) is 0 Å². The van der Waals surface area contributed by atoms with Gasteiger partial charge in [0.1, 0.15) is 0 Å². The second kappa shape index (κ2) is 29.4. The number of carbonyl (C=O) groups is 1. The number of hydrogen-bond donors (Lipinski definition) is 4. The molecule has 8 heavy (non-hydrogen) atoms. The third-order valence-corrected chi connectivity index (χ3v) is 0. The molecule has 48 valence electrons. The van der Waals surface area contributed by atoms with Gasteiger partial charge in [-0.25, -0.2) is 4.79 Å². The summed E-state index contributed by atoms with van der Waals surface area (Å²) in [6, 6.07) is 0. The number of carboxylic acid groups (broad SMARTS) is 2. The molecular formula is CH6O6Zn. The van der Waals surface area contributed by atoms with Gasteiger partial charge < -0.3 is 15.7 Å². The third kappa shape index (κ3) is 2560. The van der Waals surface area contributed by atoms with Crippen LogP contribution < -0.4 is 0 Å². The first-order chi connectivity index (χ1) is 2.73. The van der Waals surface area contributed by atoms with Gasteiger partial charge in [0.25, 0.3) is 0 Å². The van der Waals surface area contributed by atoms with E-state index in [0.29, 0.717) is 0 Å². The quantitative estimate of drug-likeness (QED) is 0.224. The van der Waals surface area contributed by atoms with Gasteiger partial charge in [0.05, 0.1) is 0 Å². The van der Waals surface area contributed by atoms with E-state index in [4.69, 9.17) is 25.5 Å². The molecule has 0 spiro atoms. The van der Waals surface area contributed by atoms with E-state index < -0.39 is 6.16 Å². The first-order valence-corrected chi connectivity index (χ1v) is 0.851. The molecule has 7 heteroatoms. The molecule has 0 aliphatic rings. The molecule has 0 saturated carbocycles. The van der Waals surface area contributed by atoms with Crippen molar-refractivity contribution in [3.8, 4) is 0 Å². The third-order valence-electron chi connectivity index (χ3n) is 0. The van der Waals surface area contributed by atoms with Crippen molar-refractivity contribution in [2.75, 3.05) is 0 Å². The Hall–Kier alpha value is -0.227. The summed E-state index contributed by atoms with van der Waals surface area (Å²) in [6.07, 6.45) is -1.83. The Morgan fingerprint density at radius 2 is 1.12 bits per heavy atom. The summed E-state index contributed by atoms with van der Waals surface area (Å²) in [5.41, 5.74) is 0. The second-order valence-electron chi connectivity index (χ2n) is 0.283. The van der Waals surface area contributed by atoms with Gasteiger partial charge in [-0.3, -0.25) is 10.5 Å². The maximum atomic E-state index is 8.56. The maximum Gasteiger partial charge on any atom is 0.503 e. The van der Waals surface area contributed by atoms with Crippen molar-refractivity contribution in [3.63, 3.8) is 0 Å². The molecule has 0 bridgehead atoms. The van der Waals surface area contributed by atoms with Crippen LogP contribution in [0.2, 0.25) is 0 Å². The Kier molecular flexibility index (Phi) is 91.9. The zero-order valence-corrected chi connectivity index (χ0v) is 6.87. The van der Waals surface area contributed by atoms with Gasteiger partial charge in [-0.05, 0) is 0 Å². The van der Waals surface area contributed by atoms with Crippen LogP contribution in [0.5, 0.6) is 0 Å². The zero-order chi connectivity index (χ0) is 5.58. The first-order valence-electron chi connectivity index (χ1n) is 0.851. The molecule has 0 radical (unpaired) electrons. The minimum atomic E-state index is -1.83. The van der Waals surface area contributed by atoms with Crippen molar-refractivity contribution in [1.82, 2.24) is 0 Å². The van der Waals surface area contributed by atoms with Crippen molar-refractivity contribution >= 4 is 6.16 Å². The fourth-order valence-corrected chi connectivity index (χ4v) is 0. The van der Waals surface area contributed by atoms with Crippen LogP contribution in [-0.4, -0.2) is 32.4 Å². The summed E-state index contributed by atoms with van der Waals surface area (Å²) in [6.45, 7) is 0. The molecule has 0 aliphatic carbocycles. The molecule has 0 aromatic rings. The molecule has 0 atom stereocenters. The largest absolute Gasteiger partial charge is 0.503 e. The van der Waals surface area contributed by atoms with Crippen molar-refractivity contribution in [1.29, 1.82) is 0 Å². The molecule has 6 N–H and O–H groups in total. The van der Waals surface area contributed by atoms with E-state index in [9.17, 15) is 0 Å². The van der Waals surface area contributed by atoms with E-state index >= 15 is 0 Å². The molecule has 0 rings (SSSR count). The van der Waals surface area contributed by atoms with Crippen molar-refractivity contribution in [3.05, 3.63) is 0 Å². The van der Waals surface area contributed by atoms with Gasteiger partial charge in [-0.15, -0.1) is 0 Å². The van der Waals surface area contributed by atoms with Crippen LogP contribution in [0.1, 0.15) is 0 Å². The van der Waals surface area contributed by atoms with E-state index in [1.807, 2.05) is 0 Å². The topological polar surface area (TPSA) is 129 Å². The average molecular weight is 179 g/mol. The smallest absolute Gasteiger partial charge is 0.450 e. The van der Waals surface area contributed by atoms with E-state index in [1.165, 1.54) is 0 Å². The van der Waals surface area contributed by atoms with Gasteiger partial charge in [-0.1, -0.05) is 0 Å². The molecule has 0 fully saturated rings. The minimum Gasteiger partial charge on any atom is -0.450 e. The van der Waals surface area contributed by atoms with Gasteiger partial charge in [0.2, 0.25) is 0 Å². The molecule has 0 saturated heterocycles. The summed E-state index contributed by atoms with van der Waals surface area (Å²) in [4.78, 5) is 8.56. The molecule has 0 amide bonds. The monoisotopic (exact) mass is 178 g/mol. The molecule has 0 aromatic carbocycles. The Morgan fingerprint density at radius 3 is 1.12 bits per heavy atom. The van der Waals surface area contributed by atoms with Crippen LogP contribution in [0.25, 0.3) is 0 Å². The molecule has 0 heterocycles. The van der Waals surface area contributed by atoms with Crippen LogP contribution in [0.15, 0.2) is 0 Å². The van der Waals surface area contributed by atoms with Crippen LogP contribution in [0, 0.1) is 0 Å². The Morgan fingerprint density at radius 1 is 1.12 bits per heavy atom. The predicted molar refractivity (Wildman–Crippen MR) is 19.5 cm³/mol. The summed E-state index contributed by atoms with van der Waals surface area (Å²) in [7, 11) is 0. The molecule has 6 nitrogen and oxygen atoms in total. The molecular weight excluding hydrogens is 173 g/mol. The second-order valence-corrected chi connectivity index (χ2v) is 0.283. The van der Waals surface area contributed by atoms with Crippen LogP contribution in [0.3, 0.4) is 0 Å². The maximum absolute atomic E-state index is 8.56. The van der Waals surface area contributed by atoms with Crippen LogP contribution >= 0.6 is 0 Å². The fourth-order valence-electron chi connectivity index (χ4n) is 0. The standard InChI is InChI=1S/CH2O3.H2O2.H2O.Zn/c2-1(3)4;1-2;;/h(H2,2,3,4);1-2H;1H2;. The molecule has 0 aromatic heterocycles. The van der Waals surface area contributed by atoms with Crippen molar-refractivity contribution < 1.29 is 50.5 Å². The zero-order valence-electron chi connectivity index (χ0n) is 3.90. The minimum absolute atomic E-state index is 0. The Bertz CT molecular complexity index is 31.5. The summed E-state index contributed by atoms with van der Waals surface area (Å²) >= 11 is 0. The van der Waals surface area contributed by atoms with Gasteiger partial charge >= 0.3 is 6.16 Å². The predicted octanol–water partition coefficient (Wildman–Crippen LogP) is -0.587. The van der Waals surface area contributed by atoms with E-state index in [0.717, 1.165) is 0 Å². The fraction of sp³-hybridized carbons (Fsp3) is 0. The van der Waals surface area contributed by atoms with Crippen molar-refractivity contribution in [2.24, 2.45) is 0 Å². The normalized spacial score (nSPS) is 3.75. The SMILES string of the molecule is O.O=C(O)O.OO.[Zn]. The molecule has 0 aliphatic heterocycles. The van der Waals surface area contributed by atoms with E-state index in [2.05, 4.69) is 0 Å².